The van der Waals surface area contributed by atoms with E-state index in [1.165, 1.54) is 17.3 Å². The first-order valence-corrected chi connectivity index (χ1v) is 11.9. The van der Waals surface area contributed by atoms with Crippen LogP contribution in [-0.4, -0.2) is 24.0 Å². The maximum Gasteiger partial charge on any atom is 0.253 e. The van der Waals surface area contributed by atoms with Gasteiger partial charge in [-0.1, -0.05) is 41.4 Å². The molecule has 0 unspecified atom stereocenters. The Morgan fingerprint density at radius 3 is 2.48 bits per heavy atom. The molecule has 0 aliphatic carbocycles. The van der Waals surface area contributed by atoms with Crippen molar-refractivity contribution < 1.29 is 14.3 Å². The quantitative estimate of drug-likeness (QED) is 0.210. The summed E-state index contributed by atoms with van der Waals surface area (Å²) in [6, 6.07) is 21.1. The third-order valence-corrected chi connectivity index (χ3v) is 6.03. The van der Waals surface area contributed by atoms with Crippen LogP contribution in [0.5, 0.6) is 11.5 Å². The Bertz CT molecular complexity index is 1090. The van der Waals surface area contributed by atoms with Crippen molar-refractivity contribution in [1.29, 1.82) is 0 Å². The molecule has 1 N–H and O–H groups in total. The lowest BCUT2D eigenvalue weighted by Gasteiger charge is -2.13. The van der Waals surface area contributed by atoms with E-state index < -0.39 is 0 Å². The molecule has 33 heavy (non-hydrogen) atoms. The number of thioether (sulfide) groups is 1. The lowest BCUT2D eigenvalue weighted by Crippen LogP contribution is -2.26. The number of hydrogen-bond donors (Lipinski definition) is 1. The molecule has 0 aliphatic rings. The number of ether oxygens (including phenoxy) is 2. The van der Waals surface area contributed by atoms with Gasteiger partial charge in [0.2, 0.25) is 0 Å². The molecule has 0 bridgehead atoms. The lowest BCUT2D eigenvalue weighted by atomic mass is 10.2. The van der Waals surface area contributed by atoms with Gasteiger partial charge in [-0.2, -0.15) is 5.10 Å². The third-order valence-electron chi connectivity index (χ3n) is 4.67. The number of halogens is 1. The predicted molar refractivity (Wildman–Crippen MR) is 136 cm³/mol. The minimum Gasteiger partial charge on any atom is -0.490 e. The van der Waals surface area contributed by atoms with Gasteiger partial charge in [-0.3, -0.25) is 4.79 Å². The van der Waals surface area contributed by atoms with Crippen LogP contribution in [0.1, 0.15) is 30.5 Å². The van der Waals surface area contributed by atoms with Crippen LogP contribution in [0.2, 0.25) is 5.02 Å². The zero-order chi connectivity index (χ0) is 23.6. The summed E-state index contributed by atoms with van der Waals surface area (Å²) in [4.78, 5) is 13.4. The van der Waals surface area contributed by atoms with E-state index >= 15 is 0 Å². The van der Waals surface area contributed by atoms with Crippen molar-refractivity contribution in [2.24, 2.45) is 5.10 Å². The molecule has 3 rings (SSSR count). The second-order valence-electron chi connectivity index (χ2n) is 7.36. The summed E-state index contributed by atoms with van der Waals surface area (Å²) in [5.41, 5.74) is 5.59. The van der Waals surface area contributed by atoms with Crippen molar-refractivity contribution in [1.82, 2.24) is 5.43 Å². The average molecular weight is 483 g/mol. The molecular formula is C26H27ClN2O3S. The van der Waals surface area contributed by atoms with E-state index in [2.05, 4.69) is 10.5 Å². The standard InChI is InChI=1S/C26H27ClN2O3S/c1-4-31-25-15-21(9-14-24(25)32-17-20-7-10-22(27)11-8-20)16-28-29-26(30)19(3)33-23-12-5-18(2)6-13-23/h5-16,19H,4,17H2,1-3H3,(H,29,30)/b28-16-/t19-/m1/s1. The predicted octanol–water partition coefficient (Wildman–Crippen LogP) is 6.26. The van der Waals surface area contributed by atoms with E-state index in [0.717, 1.165) is 16.0 Å². The molecule has 1 amide bonds. The van der Waals surface area contributed by atoms with Gasteiger partial charge < -0.3 is 9.47 Å². The summed E-state index contributed by atoms with van der Waals surface area (Å²) < 4.78 is 11.7. The lowest BCUT2D eigenvalue weighted by molar-refractivity contribution is -0.120. The van der Waals surface area contributed by atoms with Gasteiger partial charge in [-0.15, -0.1) is 11.8 Å². The first-order chi connectivity index (χ1) is 15.9. The van der Waals surface area contributed by atoms with Gasteiger partial charge in [0.05, 0.1) is 18.1 Å². The van der Waals surface area contributed by atoms with Gasteiger partial charge in [0.25, 0.3) is 5.91 Å². The van der Waals surface area contributed by atoms with Gasteiger partial charge in [0.15, 0.2) is 11.5 Å². The minimum absolute atomic E-state index is 0.162. The number of rotatable bonds is 10. The zero-order valence-electron chi connectivity index (χ0n) is 18.9. The summed E-state index contributed by atoms with van der Waals surface area (Å²) in [6.45, 7) is 6.71. The molecule has 0 aliphatic heterocycles. The van der Waals surface area contributed by atoms with Gasteiger partial charge in [0, 0.05) is 9.92 Å². The molecule has 172 valence electrons. The average Bonchev–Trinajstić information content (AvgIpc) is 2.81. The summed E-state index contributed by atoms with van der Waals surface area (Å²) in [5, 5.41) is 4.52. The van der Waals surface area contributed by atoms with Crippen molar-refractivity contribution in [2.75, 3.05) is 6.61 Å². The van der Waals surface area contributed by atoms with Crippen molar-refractivity contribution >= 4 is 35.5 Å². The fourth-order valence-corrected chi connectivity index (χ4v) is 3.86. The highest BCUT2D eigenvalue weighted by atomic mass is 35.5. The van der Waals surface area contributed by atoms with Gasteiger partial charge in [-0.05, 0) is 74.4 Å². The van der Waals surface area contributed by atoms with Gasteiger partial charge in [-0.25, -0.2) is 5.43 Å². The molecule has 0 heterocycles. The number of hydrogen-bond acceptors (Lipinski definition) is 5. The van der Waals surface area contributed by atoms with Crippen LogP contribution in [0.4, 0.5) is 0 Å². The third kappa shape index (κ3) is 7.84. The molecule has 1 atom stereocenters. The van der Waals surface area contributed by atoms with E-state index in [9.17, 15) is 4.79 Å². The normalized spacial score (nSPS) is 11.9. The first kappa shape index (κ1) is 24.7. The number of aryl methyl sites for hydroxylation is 1. The molecule has 0 saturated carbocycles. The Morgan fingerprint density at radius 2 is 1.79 bits per heavy atom. The molecule has 0 spiro atoms. The highest BCUT2D eigenvalue weighted by Crippen LogP contribution is 2.29. The molecule has 3 aromatic rings. The van der Waals surface area contributed by atoms with Crippen LogP contribution in [0.15, 0.2) is 76.7 Å². The number of carbonyl (C=O) groups is 1. The number of nitrogens with zero attached hydrogens (tertiary/aromatic N) is 1. The Morgan fingerprint density at radius 1 is 1.06 bits per heavy atom. The number of hydrazone groups is 1. The maximum absolute atomic E-state index is 12.4. The van der Waals surface area contributed by atoms with Crippen LogP contribution >= 0.6 is 23.4 Å². The van der Waals surface area contributed by atoms with E-state index in [-0.39, 0.29) is 11.2 Å². The van der Waals surface area contributed by atoms with Crippen LogP contribution in [0, 0.1) is 6.92 Å². The largest absolute Gasteiger partial charge is 0.490 e. The van der Waals surface area contributed by atoms with E-state index in [0.29, 0.717) is 29.7 Å². The smallest absolute Gasteiger partial charge is 0.253 e. The molecule has 0 radical (unpaired) electrons. The molecule has 0 saturated heterocycles. The fraction of sp³-hybridized carbons (Fsp3) is 0.231. The monoisotopic (exact) mass is 482 g/mol. The van der Waals surface area contributed by atoms with E-state index in [4.69, 9.17) is 21.1 Å². The summed E-state index contributed by atoms with van der Waals surface area (Å²) in [6.07, 6.45) is 1.59. The number of carbonyl (C=O) groups excluding carboxylic acids is 1. The SMILES string of the molecule is CCOc1cc(/C=N\NC(=O)[C@@H](C)Sc2ccc(C)cc2)ccc1OCc1ccc(Cl)cc1. The van der Waals surface area contributed by atoms with Crippen molar-refractivity contribution in [3.05, 3.63) is 88.4 Å². The minimum atomic E-state index is -0.271. The Hall–Kier alpha value is -2.96. The molecular weight excluding hydrogens is 456 g/mol. The molecule has 7 heteroatoms. The van der Waals surface area contributed by atoms with Gasteiger partial charge >= 0.3 is 0 Å². The zero-order valence-corrected chi connectivity index (χ0v) is 20.5. The van der Waals surface area contributed by atoms with Crippen molar-refractivity contribution in [2.45, 2.75) is 37.5 Å². The maximum atomic E-state index is 12.4. The topological polar surface area (TPSA) is 59.9 Å². The molecule has 0 fully saturated rings. The highest BCUT2D eigenvalue weighted by Gasteiger charge is 2.13. The van der Waals surface area contributed by atoms with E-state index in [1.807, 2.05) is 87.5 Å². The summed E-state index contributed by atoms with van der Waals surface area (Å²) in [5.74, 6) is 1.09. The molecule has 5 nitrogen and oxygen atoms in total. The Balaban J connectivity index is 1.57. The van der Waals surface area contributed by atoms with E-state index in [1.54, 1.807) is 6.21 Å². The van der Waals surface area contributed by atoms with Gasteiger partial charge in [0.1, 0.15) is 6.61 Å². The van der Waals surface area contributed by atoms with Crippen LogP contribution in [0.3, 0.4) is 0 Å². The first-order valence-electron chi connectivity index (χ1n) is 10.6. The second-order valence-corrected chi connectivity index (χ2v) is 9.21. The van der Waals surface area contributed by atoms with Crippen LogP contribution in [-0.2, 0) is 11.4 Å². The number of nitrogens with one attached hydrogen (secondary N) is 1. The fourth-order valence-electron chi connectivity index (χ4n) is 2.87. The second kappa shape index (κ2) is 12.3. The highest BCUT2D eigenvalue weighted by molar-refractivity contribution is 8.00. The van der Waals surface area contributed by atoms with Crippen LogP contribution in [0.25, 0.3) is 0 Å². The Labute approximate surface area is 204 Å². The van der Waals surface area contributed by atoms with Crippen LogP contribution < -0.4 is 14.9 Å². The summed E-state index contributed by atoms with van der Waals surface area (Å²) >= 11 is 7.42. The Kier molecular flexibility index (Phi) is 9.22. The van der Waals surface area contributed by atoms with Crippen molar-refractivity contribution in [3.8, 4) is 11.5 Å². The summed E-state index contributed by atoms with van der Waals surface area (Å²) in [7, 11) is 0. The number of benzene rings is 3. The molecule has 0 aromatic heterocycles. The molecule has 3 aromatic carbocycles. The number of amides is 1. The van der Waals surface area contributed by atoms with Crippen molar-refractivity contribution in [3.63, 3.8) is 0 Å².